The number of hydrogen-bond acceptors (Lipinski definition) is 2. The lowest BCUT2D eigenvalue weighted by molar-refractivity contribution is 0.567. The number of hydrogen-bond donors (Lipinski definition) is 0. The fourth-order valence-electron chi connectivity index (χ4n) is 1.00. The smallest absolute Gasteiger partial charge is 0.0997 e. The number of halogens is 1. The van der Waals surface area contributed by atoms with E-state index in [9.17, 15) is 0 Å². The van der Waals surface area contributed by atoms with E-state index in [0.29, 0.717) is 5.56 Å². The Morgan fingerprint density at radius 2 is 2.14 bits per heavy atom. The second kappa shape index (κ2) is 4.83. The Hall–Kier alpha value is -1.27. The van der Waals surface area contributed by atoms with E-state index in [0.717, 1.165) is 10.0 Å². The quantitative estimate of drug-likeness (QED) is 0.808. The highest BCUT2D eigenvalue weighted by atomic mass is 79.9. The lowest BCUT2D eigenvalue weighted by atomic mass is 10.1. The zero-order valence-electron chi connectivity index (χ0n) is 8.16. The van der Waals surface area contributed by atoms with E-state index in [2.05, 4.69) is 22.0 Å². The van der Waals surface area contributed by atoms with Crippen LogP contribution < -0.4 is 0 Å². The Bertz CT molecular complexity index is 389. The van der Waals surface area contributed by atoms with Gasteiger partial charge in [-0.15, -0.1) is 0 Å². The van der Waals surface area contributed by atoms with Crippen molar-refractivity contribution in [2.45, 2.75) is 0 Å². The standard InChI is InChI=1S/C11H11BrN2/c1-14(2)6-5-9-7-11(12)4-3-10(9)8-13/h3-7H,1-2H3. The number of nitriles is 1. The molecule has 0 aliphatic heterocycles. The van der Waals surface area contributed by atoms with Gasteiger partial charge in [-0.05, 0) is 36.0 Å². The first kappa shape index (κ1) is 10.8. The Morgan fingerprint density at radius 3 is 2.71 bits per heavy atom. The molecule has 0 aliphatic carbocycles. The van der Waals surface area contributed by atoms with E-state index in [1.807, 2.05) is 43.4 Å². The van der Waals surface area contributed by atoms with Gasteiger partial charge in [0.25, 0.3) is 0 Å². The highest BCUT2D eigenvalue weighted by molar-refractivity contribution is 9.10. The summed E-state index contributed by atoms with van der Waals surface area (Å²) in [5.41, 5.74) is 1.61. The van der Waals surface area contributed by atoms with Gasteiger partial charge in [-0.2, -0.15) is 5.26 Å². The zero-order valence-corrected chi connectivity index (χ0v) is 9.75. The Morgan fingerprint density at radius 1 is 1.43 bits per heavy atom. The van der Waals surface area contributed by atoms with Gasteiger partial charge in [0.15, 0.2) is 0 Å². The maximum absolute atomic E-state index is 8.86. The molecule has 14 heavy (non-hydrogen) atoms. The van der Waals surface area contributed by atoms with Gasteiger partial charge in [-0.1, -0.05) is 15.9 Å². The molecule has 0 saturated heterocycles. The van der Waals surface area contributed by atoms with Gasteiger partial charge in [-0.3, -0.25) is 0 Å². The normalized spacial score (nSPS) is 10.1. The minimum atomic E-state index is 0.686. The van der Waals surface area contributed by atoms with Gasteiger partial charge in [0, 0.05) is 18.6 Å². The molecule has 0 atom stereocenters. The molecule has 0 spiro atoms. The van der Waals surface area contributed by atoms with Gasteiger partial charge in [-0.25, -0.2) is 0 Å². The van der Waals surface area contributed by atoms with Crippen molar-refractivity contribution >= 4 is 22.0 Å². The molecule has 0 amide bonds. The zero-order chi connectivity index (χ0) is 10.6. The average Bonchev–Trinajstić information content (AvgIpc) is 2.15. The van der Waals surface area contributed by atoms with E-state index in [1.54, 1.807) is 6.07 Å². The summed E-state index contributed by atoms with van der Waals surface area (Å²) in [6.45, 7) is 0. The van der Waals surface area contributed by atoms with E-state index < -0.39 is 0 Å². The minimum absolute atomic E-state index is 0.686. The summed E-state index contributed by atoms with van der Waals surface area (Å²) in [7, 11) is 3.89. The second-order valence-electron chi connectivity index (χ2n) is 3.12. The Kier molecular flexibility index (Phi) is 3.73. The van der Waals surface area contributed by atoms with Crippen molar-refractivity contribution in [3.8, 4) is 6.07 Å². The van der Waals surface area contributed by atoms with Crippen LogP contribution in [0.15, 0.2) is 28.9 Å². The molecule has 0 aliphatic rings. The van der Waals surface area contributed by atoms with E-state index in [1.165, 1.54) is 0 Å². The third-order valence-electron chi connectivity index (χ3n) is 1.69. The summed E-state index contributed by atoms with van der Waals surface area (Å²) in [6, 6.07) is 7.76. The molecular weight excluding hydrogens is 240 g/mol. The number of nitrogens with zero attached hydrogens (tertiary/aromatic N) is 2. The lowest BCUT2D eigenvalue weighted by Gasteiger charge is -2.04. The summed E-state index contributed by atoms with van der Waals surface area (Å²) in [4.78, 5) is 1.93. The van der Waals surface area contributed by atoms with Crippen LogP contribution in [-0.2, 0) is 0 Å². The van der Waals surface area contributed by atoms with Crippen molar-refractivity contribution < 1.29 is 0 Å². The van der Waals surface area contributed by atoms with E-state index >= 15 is 0 Å². The first-order chi connectivity index (χ1) is 6.63. The summed E-state index contributed by atoms with van der Waals surface area (Å²) in [5, 5.41) is 8.86. The maximum atomic E-state index is 8.86. The van der Waals surface area contributed by atoms with Crippen LogP contribution in [0, 0.1) is 11.3 Å². The van der Waals surface area contributed by atoms with Crippen molar-refractivity contribution in [3.05, 3.63) is 40.0 Å². The molecule has 2 nitrogen and oxygen atoms in total. The predicted molar refractivity (Wildman–Crippen MR) is 61.6 cm³/mol. The second-order valence-corrected chi connectivity index (χ2v) is 4.04. The molecule has 1 aromatic carbocycles. The minimum Gasteiger partial charge on any atom is -0.383 e. The Balaban J connectivity index is 3.06. The fourth-order valence-corrected chi connectivity index (χ4v) is 1.38. The van der Waals surface area contributed by atoms with Crippen LogP contribution in [0.1, 0.15) is 11.1 Å². The van der Waals surface area contributed by atoms with Crippen molar-refractivity contribution in [3.63, 3.8) is 0 Å². The molecule has 72 valence electrons. The van der Waals surface area contributed by atoms with Gasteiger partial charge >= 0.3 is 0 Å². The van der Waals surface area contributed by atoms with E-state index in [4.69, 9.17) is 5.26 Å². The van der Waals surface area contributed by atoms with Crippen LogP contribution in [-0.4, -0.2) is 19.0 Å². The van der Waals surface area contributed by atoms with Crippen LogP contribution in [0.25, 0.3) is 6.08 Å². The average molecular weight is 251 g/mol. The highest BCUT2D eigenvalue weighted by Gasteiger charge is 1.98. The summed E-state index contributed by atoms with van der Waals surface area (Å²) < 4.78 is 0.981. The molecule has 1 aromatic rings. The molecule has 0 unspecified atom stereocenters. The molecular formula is C11H11BrN2. The van der Waals surface area contributed by atoms with Gasteiger partial charge in [0.2, 0.25) is 0 Å². The van der Waals surface area contributed by atoms with Crippen molar-refractivity contribution in [1.82, 2.24) is 4.90 Å². The maximum Gasteiger partial charge on any atom is 0.0997 e. The van der Waals surface area contributed by atoms with Crippen molar-refractivity contribution in [1.29, 1.82) is 5.26 Å². The molecule has 0 radical (unpaired) electrons. The molecule has 0 N–H and O–H groups in total. The predicted octanol–water partition coefficient (Wildman–Crippen LogP) is 2.85. The van der Waals surface area contributed by atoms with Gasteiger partial charge in [0.1, 0.15) is 0 Å². The Labute approximate surface area is 92.6 Å². The summed E-state index contributed by atoms with van der Waals surface area (Å²) in [6.07, 6.45) is 3.84. The van der Waals surface area contributed by atoms with Crippen molar-refractivity contribution in [2.24, 2.45) is 0 Å². The van der Waals surface area contributed by atoms with E-state index in [-0.39, 0.29) is 0 Å². The molecule has 3 heteroatoms. The molecule has 0 heterocycles. The topological polar surface area (TPSA) is 27.0 Å². The summed E-state index contributed by atoms with van der Waals surface area (Å²) >= 11 is 3.38. The molecule has 0 bridgehead atoms. The first-order valence-electron chi connectivity index (χ1n) is 4.18. The van der Waals surface area contributed by atoms with Crippen LogP contribution >= 0.6 is 15.9 Å². The largest absolute Gasteiger partial charge is 0.383 e. The fraction of sp³-hybridized carbons (Fsp3) is 0.182. The van der Waals surface area contributed by atoms with Crippen LogP contribution in [0.2, 0.25) is 0 Å². The SMILES string of the molecule is CN(C)C=Cc1cc(Br)ccc1C#N. The molecule has 0 fully saturated rings. The number of rotatable bonds is 2. The molecule has 0 aromatic heterocycles. The van der Waals surface area contributed by atoms with Crippen LogP contribution in [0.5, 0.6) is 0 Å². The molecule has 1 rings (SSSR count). The summed E-state index contributed by atoms with van der Waals surface area (Å²) in [5.74, 6) is 0. The van der Waals surface area contributed by atoms with Crippen LogP contribution in [0.4, 0.5) is 0 Å². The van der Waals surface area contributed by atoms with Gasteiger partial charge < -0.3 is 4.90 Å². The lowest BCUT2D eigenvalue weighted by Crippen LogP contribution is -1.99. The van der Waals surface area contributed by atoms with Crippen LogP contribution in [0.3, 0.4) is 0 Å². The third-order valence-corrected chi connectivity index (χ3v) is 2.18. The van der Waals surface area contributed by atoms with Crippen molar-refractivity contribution in [2.75, 3.05) is 14.1 Å². The highest BCUT2D eigenvalue weighted by Crippen LogP contribution is 2.17. The van der Waals surface area contributed by atoms with Gasteiger partial charge in [0.05, 0.1) is 11.6 Å². The number of benzene rings is 1. The third kappa shape index (κ3) is 2.90. The molecule has 0 saturated carbocycles. The monoisotopic (exact) mass is 250 g/mol. The first-order valence-corrected chi connectivity index (χ1v) is 4.97.